The number of benzene rings is 2. The van der Waals surface area contributed by atoms with Crippen molar-refractivity contribution in [3.8, 4) is 5.75 Å². The zero-order valence-corrected chi connectivity index (χ0v) is 18.1. The minimum Gasteiger partial charge on any atom is -0.492 e. The average molecular weight is 419 g/mol. The number of likely N-dealkylation sites (N-methyl/N-ethyl adjacent to an activating group) is 1. The lowest BCUT2D eigenvalue weighted by molar-refractivity contribution is 0.281. The molecule has 2 rings (SSSR count). The maximum atomic E-state index is 11.6. The third-order valence-corrected chi connectivity index (χ3v) is 5.57. The van der Waals surface area contributed by atoms with Crippen LogP contribution in [0.25, 0.3) is 0 Å². The smallest absolute Gasteiger partial charge is 0.215 e. The Morgan fingerprint density at radius 1 is 1.07 bits per heavy atom. The fraction of sp³-hybridized carbons (Fsp3) is 0.381. The third kappa shape index (κ3) is 8.13. The SMILES string of the molecule is CCNC(=NCc1ccc(CS(=O)(=O)NC)cc1)N(C)CCOc1ccccc1. The van der Waals surface area contributed by atoms with Crippen molar-refractivity contribution in [2.75, 3.05) is 33.8 Å². The minimum atomic E-state index is -3.26. The van der Waals surface area contributed by atoms with Crippen molar-refractivity contribution in [1.82, 2.24) is 14.9 Å². The summed E-state index contributed by atoms with van der Waals surface area (Å²) in [5, 5.41) is 3.28. The second-order valence-electron chi connectivity index (χ2n) is 6.53. The highest BCUT2D eigenvalue weighted by Crippen LogP contribution is 2.10. The van der Waals surface area contributed by atoms with E-state index in [-0.39, 0.29) is 5.75 Å². The molecule has 2 aromatic rings. The van der Waals surface area contributed by atoms with E-state index in [4.69, 9.17) is 4.74 Å². The molecule has 0 amide bonds. The molecule has 8 heteroatoms. The molecule has 0 bridgehead atoms. The van der Waals surface area contributed by atoms with Crippen LogP contribution in [0.5, 0.6) is 5.75 Å². The van der Waals surface area contributed by atoms with Gasteiger partial charge in [-0.1, -0.05) is 42.5 Å². The Bertz CT molecular complexity index is 869. The number of nitrogens with one attached hydrogen (secondary N) is 2. The van der Waals surface area contributed by atoms with Gasteiger partial charge in [0.25, 0.3) is 0 Å². The maximum absolute atomic E-state index is 11.6. The molecule has 0 saturated heterocycles. The van der Waals surface area contributed by atoms with Crippen LogP contribution in [0, 0.1) is 0 Å². The highest BCUT2D eigenvalue weighted by atomic mass is 32.2. The van der Waals surface area contributed by atoms with Gasteiger partial charge < -0.3 is 15.0 Å². The normalized spacial score (nSPS) is 11.9. The van der Waals surface area contributed by atoms with Crippen LogP contribution in [0.15, 0.2) is 59.6 Å². The molecule has 2 N–H and O–H groups in total. The number of guanidine groups is 1. The maximum Gasteiger partial charge on any atom is 0.215 e. The molecular formula is C21H30N4O3S. The highest BCUT2D eigenvalue weighted by Gasteiger charge is 2.09. The van der Waals surface area contributed by atoms with Crippen LogP contribution in [-0.2, 0) is 22.3 Å². The summed E-state index contributed by atoms with van der Waals surface area (Å²) < 4.78 is 31.3. The van der Waals surface area contributed by atoms with E-state index in [1.807, 2.05) is 73.5 Å². The van der Waals surface area contributed by atoms with Gasteiger partial charge in [-0.05, 0) is 37.2 Å². The number of para-hydroxylation sites is 1. The molecule has 0 unspecified atom stereocenters. The largest absolute Gasteiger partial charge is 0.492 e. The number of hydrogen-bond donors (Lipinski definition) is 2. The fourth-order valence-corrected chi connectivity index (χ4v) is 3.37. The van der Waals surface area contributed by atoms with Gasteiger partial charge in [0.2, 0.25) is 10.0 Å². The summed E-state index contributed by atoms with van der Waals surface area (Å²) in [5.41, 5.74) is 1.76. The summed E-state index contributed by atoms with van der Waals surface area (Å²) in [7, 11) is 0.128. The number of hydrogen-bond acceptors (Lipinski definition) is 4. The molecule has 0 aromatic heterocycles. The van der Waals surface area contributed by atoms with E-state index >= 15 is 0 Å². The van der Waals surface area contributed by atoms with Crippen LogP contribution in [0.4, 0.5) is 0 Å². The van der Waals surface area contributed by atoms with Crippen molar-refractivity contribution in [3.63, 3.8) is 0 Å². The van der Waals surface area contributed by atoms with Gasteiger partial charge in [0, 0.05) is 13.6 Å². The average Bonchev–Trinajstić information content (AvgIpc) is 2.72. The summed E-state index contributed by atoms with van der Waals surface area (Å²) in [6, 6.07) is 17.2. The van der Waals surface area contributed by atoms with Crippen molar-refractivity contribution >= 4 is 16.0 Å². The van der Waals surface area contributed by atoms with Gasteiger partial charge in [-0.25, -0.2) is 18.1 Å². The van der Waals surface area contributed by atoms with Gasteiger partial charge in [-0.15, -0.1) is 0 Å². The number of nitrogens with zero attached hydrogens (tertiary/aromatic N) is 2. The molecule has 0 heterocycles. The van der Waals surface area contributed by atoms with Crippen LogP contribution in [0.2, 0.25) is 0 Å². The number of rotatable bonds is 10. The molecule has 0 radical (unpaired) electrons. The first-order valence-electron chi connectivity index (χ1n) is 9.60. The van der Waals surface area contributed by atoms with Gasteiger partial charge in [-0.2, -0.15) is 0 Å². The van der Waals surface area contributed by atoms with Crippen LogP contribution in [-0.4, -0.2) is 53.1 Å². The second-order valence-corrected chi connectivity index (χ2v) is 8.46. The van der Waals surface area contributed by atoms with Gasteiger partial charge in [0.1, 0.15) is 12.4 Å². The van der Waals surface area contributed by atoms with Crippen LogP contribution in [0.3, 0.4) is 0 Å². The van der Waals surface area contributed by atoms with Crippen LogP contribution < -0.4 is 14.8 Å². The second kappa shape index (κ2) is 11.4. The van der Waals surface area contributed by atoms with E-state index in [1.165, 1.54) is 7.05 Å². The summed E-state index contributed by atoms with van der Waals surface area (Å²) in [4.78, 5) is 6.70. The monoisotopic (exact) mass is 418 g/mol. The fourth-order valence-electron chi connectivity index (χ4n) is 2.59. The molecule has 29 heavy (non-hydrogen) atoms. The zero-order chi connectivity index (χ0) is 21.1. The Kier molecular flexibility index (Phi) is 8.95. The lowest BCUT2D eigenvalue weighted by atomic mass is 10.1. The van der Waals surface area contributed by atoms with Crippen molar-refractivity contribution in [3.05, 3.63) is 65.7 Å². The summed E-state index contributed by atoms with van der Waals surface area (Å²) >= 11 is 0. The summed E-state index contributed by atoms with van der Waals surface area (Å²) in [5.74, 6) is 1.62. The predicted octanol–water partition coefficient (Wildman–Crippen LogP) is 2.21. The van der Waals surface area contributed by atoms with Crippen LogP contribution in [0.1, 0.15) is 18.1 Å². The topological polar surface area (TPSA) is 83.0 Å². The molecule has 158 valence electrons. The predicted molar refractivity (Wildman–Crippen MR) is 118 cm³/mol. The third-order valence-electron chi connectivity index (χ3n) is 4.24. The van der Waals surface area contributed by atoms with E-state index in [0.29, 0.717) is 19.7 Å². The lowest BCUT2D eigenvalue weighted by Crippen LogP contribution is -2.40. The lowest BCUT2D eigenvalue weighted by Gasteiger charge is -2.22. The van der Waals surface area contributed by atoms with Gasteiger partial charge in [-0.3, -0.25) is 0 Å². The Labute approximate surface area is 173 Å². The molecule has 0 aliphatic carbocycles. The molecule has 0 fully saturated rings. The summed E-state index contributed by atoms with van der Waals surface area (Å²) in [6.45, 7) is 4.55. The van der Waals surface area contributed by atoms with Crippen molar-refractivity contribution in [2.45, 2.75) is 19.2 Å². The van der Waals surface area contributed by atoms with Gasteiger partial charge in [0.05, 0.1) is 18.8 Å². The number of aliphatic imine (C=N–C) groups is 1. The van der Waals surface area contributed by atoms with E-state index in [0.717, 1.165) is 29.4 Å². The molecule has 0 saturated carbocycles. The van der Waals surface area contributed by atoms with Gasteiger partial charge >= 0.3 is 0 Å². The number of ether oxygens (including phenoxy) is 1. The summed E-state index contributed by atoms with van der Waals surface area (Å²) in [6.07, 6.45) is 0. The molecule has 7 nitrogen and oxygen atoms in total. The Morgan fingerprint density at radius 2 is 1.72 bits per heavy atom. The quantitative estimate of drug-likeness (QED) is 0.457. The number of sulfonamides is 1. The van der Waals surface area contributed by atoms with Gasteiger partial charge in [0.15, 0.2) is 5.96 Å². The first-order chi connectivity index (χ1) is 13.9. The molecular weight excluding hydrogens is 388 g/mol. The first kappa shape index (κ1) is 22.7. The van der Waals surface area contributed by atoms with E-state index in [9.17, 15) is 8.42 Å². The van der Waals surface area contributed by atoms with E-state index in [2.05, 4.69) is 15.0 Å². The standard InChI is InChI=1S/C21H30N4O3S/c1-4-23-21(25(3)14-15-28-20-8-6-5-7-9-20)24-16-18-10-12-19(13-11-18)17-29(26,27)22-2/h5-13,22H,4,14-17H2,1-3H3,(H,23,24). The van der Waals surface area contributed by atoms with E-state index < -0.39 is 10.0 Å². The zero-order valence-electron chi connectivity index (χ0n) is 17.3. The Morgan fingerprint density at radius 3 is 2.34 bits per heavy atom. The Balaban J connectivity index is 1.91. The minimum absolute atomic E-state index is 0.0279. The highest BCUT2D eigenvalue weighted by molar-refractivity contribution is 7.88. The molecule has 0 spiro atoms. The van der Waals surface area contributed by atoms with Crippen molar-refractivity contribution in [1.29, 1.82) is 0 Å². The Hall–Kier alpha value is -2.58. The molecule has 2 aromatic carbocycles. The molecule has 0 atom stereocenters. The van der Waals surface area contributed by atoms with Crippen molar-refractivity contribution < 1.29 is 13.2 Å². The molecule has 0 aliphatic rings. The van der Waals surface area contributed by atoms with E-state index in [1.54, 1.807) is 0 Å². The molecule has 0 aliphatic heterocycles. The van der Waals surface area contributed by atoms with Crippen molar-refractivity contribution in [2.24, 2.45) is 4.99 Å². The first-order valence-corrected chi connectivity index (χ1v) is 11.2. The van der Waals surface area contributed by atoms with Crippen LogP contribution >= 0.6 is 0 Å².